The fourth-order valence-corrected chi connectivity index (χ4v) is 2.41. The van der Waals surface area contributed by atoms with Gasteiger partial charge in [-0.2, -0.15) is 5.10 Å². The van der Waals surface area contributed by atoms with Gasteiger partial charge in [-0.25, -0.2) is 9.97 Å². The van der Waals surface area contributed by atoms with Crippen molar-refractivity contribution >= 4 is 16.9 Å². The monoisotopic (exact) mass is 256 g/mol. The number of nitrogen functional groups attached to an aromatic ring is 1. The number of nitrogens with zero attached hydrogens (tertiary/aromatic N) is 5. The van der Waals surface area contributed by atoms with Crippen molar-refractivity contribution in [2.45, 2.75) is 20.8 Å². The highest BCUT2D eigenvalue weighted by atomic mass is 15.3. The van der Waals surface area contributed by atoms with Gasteiger partial charge in [0.05, 0.1) is 5.39 Å². The lowest BCUT2D eigenvalue weighted by Gasteiger charge is -2.04. The lowest BCUT2D eigenvalue weighted by atomic mass is 10.2. The van der Waals surface area contributed by atoms with E-state index in [-0.39, 0.29) is 0 Å². The fourth-order valence-electron chi connectivity index (χ4n) is 2.41. The molecule has 19 heavy (non-hydrogen) atoms. The lowest BCUT2D eigenvalue weighted by Crippen LogP contribution is -2.02. The Kier molecular flexibility index (Phi) is 2.35. The number of hydrogen-bond donors (Lipinski definition) is 1. The van der Waals surface area contributed by atoms with Crippen LogP contribution in [-0.4, -0.2) is 24.3 Å². The Bertz CT molecular complexity index is 780. The summed E-state index contributed by atoms with van der Waals surface area (Å²) in [6.07, 6.45) is 1.91. The highest BCUT2D eigenvalue weighted by Gasteiger charge is 2.18. The predicted octanol–water partition coefficient (Wildman–Crippen LogP) is 1.66. The predicted molar refractivity (Wildman–Crippen MR) is 74.3 cm³/mol. The van der Waals surface area contributed by atoms with Gasteiger partial charge in [-0.05, 0) is 26.3 Å². The second-order valence-corrected chi connectivity index (χ2v) is 4.75. The third-order valence-electron chi connectivity index (χ3n) is 3.42. The van der Waals surface area contributed by atoms with Crippen molar-refractivity contribution in [1.29, 1.82) is 0 Å². The quantitative estimate of drug-likeness (QED) is 0.718. The number of aromatic nitrogens is 5. The van der Waals surface area contributed by atoms with Gasteiger partial charge in [-0.3, -0.25) is 9.25 Å². The van der Waals surface area contributed by atoms with Gasteiger partial charge in [0.1, 0.15) is 11.6 Å². The molecule has 0 atom stereocenters. The molecule has 3 aromatic rings. The first-order valence-corrected chi connectivity index (χ1v) is 6.10. The molecule has 0 bridgehead atoms. The summed E-state index contributed by atoms with van der Waals surface area (Å²) in [6, 6.07) is 1.96. The van der Waals surface area contributed by atoms with Gasteiger partial charge in [-0.15, -0.1) is 0 Å². The molecule has 0 radical (unpaired) electrons. The summed E-state index contributed by atoms with van der Waals surface area (Å²) in [4.78, 5) is 8.77. The maximum Gasteiger partial charge on any atom is 0.160 e. The molecule has 0 unspecified atom stereocenters. The van der Waals surface area contributed by atoms with E-state index in [2.05, 4.69) is 15.1 Å². The van der Waals surface area contributed by atoms with E-state index in [1.807, 2.05) is 44.6 Å². The number of hydrogen-bond acceptors (Lipinski definition) is 4. The lowest BCUT2D eigenvalue weighted by molar-refractivity contribution is 0.750. The second kappa shape index (κ2) is 3.81. The zero-order chi connectivity index (χ0) is 13.7. The van der Waals surface area contributed by atoms with Crippen LogP contribution >= 0.6 is 0 Å². The van der Waals surface area contributed by atoms with E-state index in [1.165, 1.54) is 0 Å². The third kappa shape index (κ3) is 1.60. The average molecular weight is 256 g/mol. The minimum Gasteiger partial charge on any atom is -0.383 e. The van der Waals surface area contributed by atoms with Gasteiger partial charge in [0.2, 0.25) is 0 Å². The van der Waals surface area contributed by atoms with Crippen LogP contribution in [0, 0.1) is 20.8 Å². The zero-order valence-corrected chi connectivity index (χ0v) is 11.5. The fraction of sp³-hybridized carbons (Fsp3) is 0.308. The maximum atomic E-state index is 6.03. The molecular formula is C13H16N6. The summed E-state index contributed by atoms with van der Waals surface area (Å²) in [6.45, 7) is 5.92. The Hall–Kier alpha value is -2.37. The van der Waals surface area contributed by atoms with Crippen LogP contribution in [0.15, 0.2) is 12.3 Å². The summed E-state index contributed by atoms with van der Waals surface area (Å²) in [5, 5.41) is 5.35. The summed E-state index contributed by atoms with van der Waals surface area (Å²) in [5.41, 5.74) is 9.03. The minimum absolute atomic E-state index is 0.526. The Balaban J connectivity index is 2.45. The molecule has 98 valence electrons. The Morgan fingerprint density at radius 1 is 1.16 bits per heavy atom. The summed E-state index contributed by atoms with van der Waals surface area (Å²) in [7, 11) is 1.89. The van der Waals surface area contributed by atoms with Crippen LogP contribution in [-0.2, 0) is 7.05 Å². The molecule has 6 nitrogen and oxygen atoms in total. The first-order valence-electron chi connectivity index (χ1n) is 6.10. The molecule has 0 aromatic carbocycles. The van der Waals surface area contributed by atoms with E-state index in [9.17, 15) is 0 Å². The highest BCUT2D eigenvalue weighted by Crippen LogP contribution is 2.29. The molecule has 0 spiro atoms. The van der Waals surface area contributed by atoms with Crippen LogP contribution in [0.4, 0.5) is 5.82 Å². The van der Waals surface area contributed by atoms with Gasteiger partial charge >= 0.3 is 0 Å². The molecule has 0 saturated heterocycles. The maximum absolute atomic E-state index is 6.03. The molecule has 3 heterocycles. The van der Waals surface area contributed by atoms with Crippen molar-refractivity contribution in [2.75, 3.05) is 5.73 Å². The topological polar surface area (TPSA) is 74.5 Å². The Morgan fingerprint density at radius 2 is 1.89 bits per heavy atom. The van der Waals surface area contributed by atoms with Crippen molar-refractivity contribution in [3.05, 3.63) is 29.3 Å². The SMILES string of the molecule is Cc1nc(N)c2c(C)c(C)n(-c3ccn(C)n3)c2n1. The first-order chi connectivity index (χ1) is 8.99. The molecular weight excluding hydrogens is 240 g/mol. The van der Waals surface area contributed by atoms with Crippen LogP contribution in [0.5, 0.6) is 0 Å². The number of fused-ring (bicyclic) bond motifs is 1. The van der Waals surface area contributed by atoms with E-state index in [1.54, 1.807) is 4.68 Å². The van der Waals surface area contributed by atoms with Crippen molar-refractivity contribution in [1.82, 2.24) is 24.3 Å². The van der Waals surface area contributed by atoms with Crippen molar-refractivity contribution in [2.24, 2.45) is 7.05 Å². The standard InChI is InChI=1S/C13H16N6/c1-7-8(2)19(10-5-6-18(4)17-10)13-11(7)12(14)15-9(3)16-13/h5-6H,1-4H3,(H2,14,15,16). The third-order valence-corrected chi connectivity index (χ3v) is 3.42. The number of rotatable bonds is 1. The number of anilines is 1. The van der Waals surface area contributed by atoms with Gasteiger partial charge in [0.15, 0.2) is 11.5 Å². The molecule has 0 saturated carbocycles. The highest BCUT2D eigenvalue weighted by molar-refractivity contribution is 5.92. The van der Waals surface area contributed by atoms with Crippen LogP contribution in [0.25, 0.3) is 16.9 Å². The Morgan fingerprint density at radius 3 is 2.53 bits per heavy atom. The largest absolute Gasteiger partial charge is 0.383 e. The van der Waals surface area contributed by atoms with Gasteiger partial charge < -0.3 is 5.73 Å². The van der Waals surface area contributed by atoms with Crippen LogP contribution in [0.2, 0.25) is 0 Å². The molecule has 2 N–H and O–H groups in total. The van der Waals surface area contributed by atoms with Crippen LogP contribution in [0.1, 0.15) is 17.1 Å². The molecule has 3 aromatic heterocycles. The molecule has 0 aliphatic heterocycles. The molecule has 3 rings (SSSR count). The van der Waals surface area contributed by atoms with E-state index in [0.717, 1.165) is 28.1 Å². The van der Waals surface area contributed by atoms with E-state index < -0.39 is 0 Å². The number of nitrogens with two attached hydrogens (primary N) is 1. The van der Waals surface area contributed by atoms with Crippen LogP contribution in [0.3, 0.4) is 0 Å². The smallest absolute Gasteiger partial charge is 0.160 e. The van der Waals surface area contributed by atoms with Gasteiger partial charge in [-0.1, -0.05) is 0 Å². The molecule has 0 amide bonds. The second-order valence-electron chi connectivity index (χ2n) is 4.75. The van der Waals surface area contributed by atoms with E-state index in [4.69, 9.17) is 5.73 Å². The molecule has 0 fully saturated rings. The summed E-state index contributed by atoms with van der Waals surface area (Å²) < 4.78 is 3.79. The van der Waals surface area contributed by atoms with Gasteiger partial charge in [0, 0.05) is 25.0 Å². The van der Waals surface area contributed by atoms with E-state index >= 15 is 0 Å². The molecule has 0 aliphatic rings. The molecule has 6 heteroatoms. The van der Waals surface area contributed by atoms with Crippen molar-refractivity contribution in [3.63, 3.8) is 0 Å². The summed E-state index contributed by atoms with van der Waals surface area (Å²) >= 11 is 0. The van der Waals surface area contributed by atoms with E-state index in [0.29, 0.717) is 11.6 Å². The van der Waals surface area contributed by atoms with Crippen LogP contribution < -0.4 is 5.73 Å². The zero-order valence-electron chi connectivity index (χ0n) is 11.5. The van der Waals surface area contributed by atoms with Gasteiger partial charge in [0.25, 0.3) is 0 Å². The molecule has 0 aliphatic carbocycles. The minimum atomic E-state index is 0.526. The summed E-state index contributed by atoms with van der Waals surface area (Å²) in [5.74, 6) is 2.04. The normalized spacial score (nSPS) is 11.4. The number of aryl methyl sites for hydroxylation is 3. The average Bonchev–Trinajstić information content (AvgIpc) is 2.83. The first kappa shape index (κ1) is 11.7. The van der Waals surface area contributed by atoms with Crippen molar-refractivity contribution in [3.8, 4) is 5.82 Å². The Labute approximate surface area is 110 Å². The van der Waals surface area contributed by atoms with Crippen molar-refractivity contribution < 1.29 is 0 Å².